The van der Waals surface area contributed by atoms with E-state index in [0.717, 1.165) is 4.90 Å². The predicted molar refractivity (Wildman–Crippen MR) is 77.4 cm³/mol. The Morgan fingerprint density at radius 3 is 2.60 bits per heavy atom. The molecule has 0 radical (unpaired) electrons. The zero-order valence-electron chi connectivity index (χ0n) is 10.7. The molecule has 1 aromatic carbocycles. The van der Waals surface area contributed by atoms with E-state index >= 15 is 0 Å². The summed E-state index contributed by atoms with van der Waals surface area (Å²) in [5.41, 5.74) is 0.420. The zero-order valence-corrected chi connectivity index (χ0v) is 11.5. The maximum absolute atomic E-state index is 12.2. The Morgan fingerprint density at radius 2 is 1.90 bits per heavy atom. The van der Waals surface area contributed by atoms with Crippen LogP contribution in [0.15, 0.2) is 47.4 Å². The van der Waals surface area contributed by atoms with Crippen LogP contribution in [0.2, 0.25) is 0 Å². The minimum Gasteiger partial charge on any atom is -0.477 e. The maximum Gasteiger partial charge on any atom is 0.354 e. The minimum absolute atomic E-state index is 0.110. The summed E-state index contributed by atoms with van der Waals surface area (Å²) >= 11 is 1.47. The molecule has 0 saturated heterocycles. The van der Waals surface area contributed by atoms with Gasteiger partial charge in [0.25, 0.3) is 5.91 Å². The summed E-state index contributed by atoms with van der Waals surface area (Å²) in [7, 11) is 0. The SMILES string of the molecule is CSc1ccccc1C(=O)Nc1cccc(C(=O)O)n1. The molecule has 0 unspecified atom stereocenters. The van der Waals surface area contributed by atoms with E-state index in [-0.39, 0.29) is 17.4 Å². The van der Waals surface area contributed by atoms with Crippen molar-refractivity contribution in [2.75, 3.05) is 11.6 Å². The molecule has 0 bridgehead atoms. The summed E-state index contributed by atoms with van der Waals surface area (Å²) in [6.45, 7) is 0. The van der Waals surface area contributed by atoms with Gasteiger partial charge in [0.05, 0.1) is 5.56 Å². The lowest BCUT2D eigenvalue weighted by Crippen LogP contribution is -2.15. The van der Waals surface area contributed by atoms with Gasteiger partial charge < -0.3 is 10.4 Å². The number of anilines is 1. The Bertz CT molecular complexity index is 658. The van der Waals surface area contributed by atoms with Crippen LogP contribution in [0.25, 0.3) is 0 Å². The van der Waals surface area contributed by atoms with E-state index in [1.165, 1.54) is 23.9 Å². The first-order valence-electron chi connectivity index (χ1n) is 5.76. The summed E-state index contributed by atoms with van der Waals surface area (Å²) in [6.07, 6.45) is 1.88. The number of thioether (sulfide) groups is 1. The van der Waals surface area contributed by atoms with Crippen molar-refractivity contribution in [2.45, 2.75) is 4.90 Å². The van der Waals surface area contributed by atoms with Crippen molar-refractivity contribution in [3.8, 4) is 0 Å². The molecule has 1 aromatic heterocycles. The van der Waals surface area contributed by atoms with Gasteiger partial charge in [0.2, 0.25) is 0 Å². The smallest absolute Gasteiger partial charge is 0.354 e. The number of aromatic nitrogens is 1. The van der Waals surface area contributed by atoms with Crippen LogP contribution in [0.1, 0.15) is 20.8 Å². The monoisotopic (exact) mass is 288 g/mol. The molecule has 0 saturated carbocycles. The fourth-order valence-corrected chi connectivity index (χ4v) is 2.23. The molecule has 2 N–H and O–H groups in total. The molecule has 1 heterocycles. The maximum atomic E-state index is 12.2. The molecule has 0 aliphatic carbocycles. The van der Waals surface area contributed by atoms with Crippen molar-refractivity contribution in [3.63, 3.8) is 0 Å². The first-order valence-corrected chi connectivity index (χ1v) is 6.99. The fraction of sp³-hybridized carbons (Fsp3) is 0.0714. The highest BCUT2D eigenvalue weighted by Crippen LogP contribution is 2.20. The largest absolute Gasteiger partial charge is 0.477 e. The summed E-state index contributed by atoms with van der Waals surface area (Å²) in [6, 6.07) is 11.6. The third kappa shape index (κ3) is 3.16. The van der Waals surface area contributed by atoms with Crippen LogP contribution >= 0.6 is 11.8 Å². The fourth-order valence-electron chi connectivity index (χ4n) is 1.64. The number of nitrogens with zero attached hydrogens (tertiary/aromatic N) is 1. The van der Waals surface area contributed by atoms with Gasteiger partial charge in [-0.1, -0.05) is 18.2 Å². The van der Waals surface area contributed by atoms with Crippen molar-refractivity contribution >= 4 is 29.5 Å². The highest BCUT2D eigenvalue weighted by atomic mass is 32.2. The lowest BCUT2D eigenvalue weighted by molar-refractivity contribution is 0.0690. The number of rotatable bonds is 4. The van der Waals surface area contributed by atoms with Gasteiger partial charge in [0.1, 0.15) is 5.82 Å². The summed E-state index contributed by atoms with van der Waals surface area (Å²) in [5, 5.41) is 11.5. The molecule has 20 heavy (non-hydrogen) atoms. The number of amides is 1. The van der Waals surface area contributed by atoms with Crippen LogP contribution in [0.3, 0.4) is 0 Å². The Labute approximate surface area is 120 Å². The Balaban J connectivity index is 2.23. The number of carbonyl (C=O) groups is 2. The van der Waals surface area contributed by atoms with Crippen molar-refractivity contribution in [1.82, 2.24) is 4.98 Å². The van der Waals surface area contributed by atoms with Crippen LogP contribution in [0.4, 0.5) is 5.82 Å². The molecule has 0 aliphatic heterocycles. The molecule has 6 heteroatoms. The van der Waals surface area contributed by atoms with Crippen LogP contribution in [0, 0.1) is 0 Å². The third-order valence-corrected chi connectivity index (χ3v) is 3.36. The molecule has 0 spiro atoms. The van der Waals surface area contributed by atoms with Gasteiger partial charge in [-0.05, 0) is 30.5 Å². The molecule has 2 rings (SSSR count). The molecule has 5 nitrogen and oxygen atoms in total. The van der Waals surface area contributed by atoms with E-state index in [1.54, 1.807) is 18.2 Å². The topological polar surface area (TPSA) is 79.3 Å². The lowest BCUT2D eigenvalue weighted by Gasteiger charge is -2.08. The van der Waals surface area contributed by atoms with Gasteiger partial charge in [-0.3, -0.25) is 4.79 Å². The second-order valence-corrected chi connectivity index (χ2v) is 4.72. The first kappa shape index (κ1) is 14.1. The molecule has 0 fully saturated rings. The van der Waals surface area contributed by atoms with Crippen molar-refractivity contribution in [1.29, 1.82) is 0 Å². The van der Waals surface area contributed by atoms with Gasteiger partial charge in [0.15, 0.2) is 5.69 Å². The molecule has 0 atom stereocenters. The van der Waals surface area contributed by atoms with Gasteiger partial charge >= 0.3 is 5.97 Å². The first-order chi connectivity index (χ1) is 9.61. The average Bonchev–Trinajstić information content (AvgIpc) is 2.47. The number of nitrogens with one attached hydrogen (secondary N) is 1. The number of carboxylic acids is 1. The van der Waals surface area contributed by atoms with Crippen molar-refractivity contribution in [3.05, 3.63) is 53.7 Å². The van der Waals surface area contributed by atoms with E-state index in [9.17, 15) is 9.59 Å². The molecule has 1 amide bonds. The Hall–Kier alpha value is -2.34. The lowest BCUT2D eigenvalue weighted by atomic mass is 10.2. The standard InChI is InChI=1S/C14H12N2O3S/c1-20-11-7-3-2-5-9(11)13(17)16-12-8-4-6-10(15-12)14(18)19/h2-8H,1H3,(H,18,19)(H,15,16,17). The molecule has 2 aromatic rings. The number of benzene rings is 1. The summed E-state index contributed by atoms with van der Waals surface area (Å²) in [4.78, 5) is 27.7. The van der Waals surface area contributed by atoms with Crippen LogP contribution in [-0.2, 0) is 0 Å². The molecule has 0 aliphatic rings. The number of hydrogen-bond acceptors (Lipinski definition) is 4. The minimum atomic E-state index is -1.13. The van der Waals surface area contributed by atoms with Gasteiger partial charge in [-0.25, -0.2) is 9.78 Å². The molecule has 102 valence electrons. The zero-order chi connectivity index (χ0) is 14.5. The third-order valence-electron chi connectivity index (χ3n) is 2.56. The molecular formula is C14H12N2O3S. The van der Waals surface area contributed by atoms with Crippen LogP contribution in [-0.4, -0.2) is 28.2 Å². The number of aromatic carboxylic acids is 1. The number of hydrogen-bond donors (Lipinski definition) is 2. The summed E-state index contributed by atoms with van der Waals surface area (Å²) in [5.74, 6) is -1.23. The second kappa shape index (κ2) is 6.21. The quantitative estimate of drug-likeness (QED) is 0.846. The number of carboxylic acid groups (broad SMARTS) is 1. The normalized spacial score (nSPS) is 10.1. The Morgan fingerprint density at radius 1 is 1.15 bits per heavy atom. The van der Waals surface area contributed by atoms with Crippen molar-refractivity contribution < 1.29 is 14.7 Å². The number of carbonyl (C=O) groups excluding carboxylic acids is 1. The van der Waals surface area contributed by atoms with Crippen LogP contribution < -0.4 is 5.32 Å². The summed E-state index contributed by atoms with van der Waals surface area (Å²) < 4.78 is 0. The van der Waals surface area contributed by atoms with E-state index in [1.807, 2.05) is 18.4 Å². The van der Waals surface area contributed by atoms with E-state index in [4.69, 9.17) is 5.11 Å². The van der Waals surface area contributed by atoms with Gasteiger partial charge in [-0.15, -0.1) is 11.8 Å². The van der Waals surface area contributed by atoms with E-state index < -0.39 is 5.97 Å². The van der Waals surface area contributed by atoms with Gasteiger partial charge in [-0.2, -0.15) is 0 Å². The van der Waals surface area contributed by atoms with Gasteiger partial charge in [0, 0.05) is 4.90 Å². The highest BCUT2D eigenvalue weighted by Gasteiger charge is 2.12. The predicted octanol–water partition coefficient (Wildman–Crippen LogP) is 2.75. The highest BCUT2D eigenvalue weighted by molar-refractivity contribution is 7.98. The second-order valence-electron chi connectivity index (χ2n) is 3.87. The number of pyridine rings is 1. The molecular weight excluding hydrogens is 276 g/mol. The average molecular weight is 288 g/mol. The van der Waals surface area contributed by atoms with Crippen LogP contribution in [0.5, 0.6) is 0 Å². The Kier molecular flexibility index (Phi) is 4.37. The van der Waals surface area contributed by atoms with E-state index in [0.29, 0.717) is 5.56 Å². The van der Waals surface area contributed by atoms with Crippen molar-refractivity contribution in [2.24, 2.45) is 0 Å². The van der Waals surface area contributed by atoms with E-state index in [2.05, 4.69) is 10.3 Å².